The second-order valence-electron chi connectivity index (χ2n) is 6.65. The zero-order valence-electron chi connectivity index (χ0n) is 14.4. The number of nitrogens with zero attached hydrogens (tertiary/aromatic N) is 1. The van der Waals surface area contributed by atoms with Gasteiger partial charge in [-0.1, -0.05) is 31.2 Å². The lowest BCUT2D eigenvalue weighted by Crippen LogP contribution is -2.40. The smallest absolute Gasteiger partial charge is 0.217 e. The highest BCUT2D eigenvalue weighted by Gasteiger charge is 2.27. The van der Waals surface area contributed by atoms with Crippen molar-refractivity contribution in [3.05, 3.63) is 35.4 Å². The highest BCUT2D eigenvalue weighted by molar-refractivity contribution is 7.89. The second kappa shape index (κ2) is 8.62. The number of piperidine rings is 1. The average Bonchev–Trinajstić information content (AvgIpc) is 2.54. The van der Waals surface area contributed by atoms with Gasteiger partial charge in [-0.15, -0.1) is 0 Å². The number of carbonyl (C=O) groups excluding carboxylic acids is 1. The Morgan fingerprint density at radius 3 is 2.29 bits per heavy atom. The molecule has 2 N–H and O–H groups in total. The number of hydrogen-bond acceptors (Lipinski definition) is 3. The Hall–Kier alpha value is -1.40. The lowest BCUT2D eigenvalue weighted by Gasteiger charge is -2.31. The van der Waals surface area contributed by atoms with Crippen LogP contribution >= 0.6 is 0 Å². The lowest BCUT2D eigenvalue weighted by molar-refractivity contribution is -0.117. The van der Waals surface area contributed by atoms with Crippen molar-refractivity contribution in [2.24, 2.45) is 11.7 Å². The van der Waals surface area contributed by atoms with E-state index >= 15 is 0 Å². The summed E-state index contributed by atoms with van der Waals surface area (Å²) in [6.07, 6.45) is 4.56. The van der Waals surface area contributed by atoms with E-state index in [1.807, 2.05) is 6.92 Å². The molecule has 0 aromatic heterocycles. The van der Waals surface area contributed by atoms with Crippen LogP contribution in [0.3, 0.4) is 0 Å². The van der Waals surface area contributed by atoms with Crippen molar-refractivity contribution in [2.75, 3.05) is 18.8 Å². The minimum absolute atomic E-state index is 0.254. The van der Waals surface area contributed by atoms with Gasteiger partial charge in [-0.3, -0.25) is 4.79 Å². The highest BCUT2D eigenvalue weighted by atomic mass is 32.2. The van der Waals surface area contributed by atoms with Crippen LogP contribution in [0.15, 0.2) is 24.3 Å². The molecule has 6 heteroatoms. The Labute approximate surface area is 145 Å². The van der Waals surface area contributed by atoms with Gasteiger partial charge in [0.2, 0.25) is 15.9 Å². The molecule has 134 valence electrons. The Kier molecular flexibility index (Phi) is 6.80. The van der Waals surface area contributed by atoms with E-state index in [9.17, 15) is 13.2 Å². The molecule has 1 heterocycles. The van der Waals surface area contributed by atoms with Crippen LogP contribution in [0.1, 0.15) is 43.7 Å². The van der Waals surface area contributed by atoms with Gasteiger partial charge in [-0.25, -0.2) is 12.7 Å². The Morgan fingerprint density at radius 2 is 1.75 bits per heavy atom. The van der Waals surface area contributed by atoms with E-state index in [1.165, 1.54) is 5.56 Å². The molecule has 1 aliphatic heterocycles. The predicted octanol–water partition coefficient (Wildman–Crippen LogP) is 2.10. The number of sulfonamides is 1. The number of aryl methyl sites for hydroxylation is 1. The summed E-state index contributed by atoms with van der Waals surface area (Å²) in [7, 11) is -3.05. The third-order valence-electron chi connectivity index (χ3n) is 4.64. The number of nitrogens with two attached hydrogens (primary N) is 1. The first-order valence-electron chi connectivity index (χ1n) is 8.74. The molecule has 0 radical (unpaired) electrons. The van der Waals surface area contributed by atoms with Crippen LogP contribution in [0.5, 0.6) is 0 Å². The van der Waals surface area contributed by atoms with E-state index in [2.05, 4.69) is 24.3 Å². The first kappa shape index (κ1) is 18.9. The maximum absolute atomic E-state index is 12.1. The molecule has 5 nitrogen and oxygen atoms in total. The van der Waals surface area contributed by atoms with Crippen LogP contribution in [0, 0.1) is 5.92 Å². The van der Waals surface area contributed by atoms with Crippen LogP contribution in [-0.4, -0.2) is 37.5 Å². The fourth-order valence-electron chi connectivity index (χ4n) is 3.22. The molecule has 1 aromatic rings. The minimum atomic E-state index is -3.05. The molecule has 0 unspecified atom stereocenters. The summed E-state index contributed by atoms with van der Waals surface area (Å²) >= 11 is 0. The van der Waals surface area contributed by atoms with Gasteiger partial charge in [-0.05, 0) is 49.1 Å². The monoisotopic (exact) mass is 352 g/mol. The molecule has 1 aliphatic rings. The molecule has 1 fully saturated rings. The van der Waals surface area contributed by atoms with E-state index in [0.717, 1.165) is 24.8 Å². The number of amides is 1. The van der Waals surface area contributed by atoms with Crippen molar-refractivity contribution < 1.29 is 13.2 Å². The van der Waals surface area contributed by atoms with E-state index in [1.54, 1.807) is 4.31 Å². The van der Waals surface area contributed by atoms with Gasteiger partial charge < -0.3 is 5.73 Å². The van der Waals surface area contributed by atoms with E-state index in [4.69, 9.17) is 5.73 Å². The molecule has 1 aromatic carbocycles. The average molecular weight is 353 g/mol. The van der Waals surface area contributed by atoms with Gasteiger partial charge in [0.25, 0.3) is 0 Å². The molecule has 2 rings (SSSR count). The fourth-order valence-corrected chi connectivity index (χ4v) is 4.76. The standard InChI is InChI=1S/C18H28N2O3S/c1-2-13-24(22,23)20-11-9-17(10-12-20)14-16-5-3-15(4-6-16)7-8-18(19)21/h3-6,17H,2,7-14H2,1H3,(H2,19,21). The molecule has 0 spiro atoms. The fraction of sp³-hybridized carbons (Fsp3) is 0.611. The molecule has 24 heavy (non-hydrogen) atoms. The van der Waals surface area contributed by atoms with Gasteiger partial charge >= 0.3 is 0 Å². The summed E-state index contributed by atoms with van der Waals surface area (Å²) in [6.45, 7) is 3.19. The Bertz CT molecular complexity index is 633. The summed E-state index contributed by atoms with van der Waals surface area (Å²) in [5.74, 6) is 0.517. The van der Waals surface area contributed by atoms with Crippen molar-refractivity contribution in [1.82, 2.24) is 4.31 Å². The van der Waals surface area contributed by atoms with Crippen molar-refractivity contribution in [2.45, 2.75) is 45.4 Å². The Balaban J connectivity index is 1.82. The molecule has 0 atom stereocenters. The van der Waals surface area contributed by atoms with E-state index in [0.29, 0.717) is 38.3 Å². The van der Waals surface area contributed by atoms with E-state index < -0.39 is 10.0 Å². The predicted molar refractivity (Wildman–Crippen MR) is 96.0 cm³/mol. The van der Waals surface area contributed by atoms with Crippen LogP contribution in [-0.2, 0) is 27.7 Å². The maximum Gasteiger partial charge on any atom is 0.217 e. The van der Waals surface area contributed by atoms with Crippen LogP contribution in [0.25, 0.3) is 0 Å². The van der Waals surface area contributed by atoms with Crippen molar-refractivity contribution in [1.29, 1.82) is 0 Å². The highest BCUT2D eigenvalue weighted by Crippen LogP contribution is 2.24. The zero-order chi connectivity index (χ0) is 17.6. The summed E-state index contributed by atoms with van der Waals surface area (Å²) in [5.41, 5.74) is 7.56. The molecule has 1 saturated heterocycles. The molecular formula is C18H28N2O3S. The van der Waals surface area contributed by atoms with Gasteiger partial charge in [0.05, 0.1) is 5.75 Å². The number of carbonyl (C=O) groups is 1. The number of benzene rings is 1. The minimum Gasteiger partial charge on any atom is -0.370 e. The molecule has 0 saturated carbocycles. The van der Waals surface area contributed by atoms with Crippen LogP contribution < -0.4 is 5.73 Å². The Morgan fingerprint density at radius 1 is 1.17 bits per heavy atom. The first-order valence-corrected chi connectivity index (χ1v) is 10.4. The first-order chi connectivity index (χ1) is 11.4. The third-order valence-corrected chi connectivity index (χ3v) is 6.71. The van der Waals surface area contributed by atoms with Crippen molar-refractivity contribution in [3.8, 4) is 0 Å². The number of rotatable bonds is 8. The van der Waals surface area contributed by atoms with Gasteiger partial charge in [0, 0.05) is 19.5 Å². The summed E-state index contributed by atoms with van der Waals surface area (Å²) < 4.78 is 25.8. The van der Waals surface area contributed by atoms with Gasteiger partial charge in [0.1, 0.15) is 0 Å². The topological polar surface area (TPSA) is 80.5 Å². The normalized spacial score (nSPS) is 17.0. The SMILES string of the molecule is CCCS(=O)(=O)N1CCC(Cc2ccc(CCC(N)=O)cc2)CC1. The molecule has 0 bridgehead atoms. The van der Waals surface area contributed by atoms with Gasteiger partial charge in [-0.2, -0.15) is 0 Å². The molecule has 0 aliphatic carbocycles. The summed E-state index contributed by atoms with van der Waals surface area (Å²) in [5, 5.41) is 0. The zero-order valence-corrected chi connectivity index (χ0v) is 15.2. The third kappa shape index (κ3) is 5.60. The van der Waals surface area contributed by atoms with E-state index in [-0.39, 0.29) is 11.7 Å². The largest absolute Gasteiger partial charge is 0.370 e. The van der Waals surface area contributed by atoms with Gasteiger partial charge in [0.15, 0.2) is 0 Å². The molecule has 1 amide bonds. The van der Waals surface area contributed by atoms with Crippen LogP contribution in [0.2, 0.25) is 0 Å². The summed E-state index contributed by atoms with van der Waals surface area (Å²) in [4.78, 5) is 10.8. The second-order valence-corrected chi connectivity index (χ2v) is 8.73. The van der Waals surface area contributed by atoms with Crippen molar-refractivity contribution >= 4 is 15.9 Å². The molecular weight excluding hydrogens is 324 g/mol. The number of hydrogen-bond donors (Lipinski definition) is 1. The quantitative estimate of drug-likeness (QED) is 0.778. The summed E-state index contributed by atoms with van der Waals surface area (Å²) in [6, 6.07) is 8.32. The number of primary amides is 1. The van der Waals surface area contributed by atoms with Crippen LogP contribution in [0.4, 0.5) is 0 Å². The van der Waals surface area contributed by atoms with Crippen molar-refractivity contribution in [3.63, 3.8) is 0 Å². The lowest BCUT2D eigenvalue weighted by atomic mass is 9.90. The maximum atomic E-state index is 12.1.